The molecule has 1 atom stereocenters. The van der Waals surface area contributed by atoms with Gasteiger partial charge in [0.15, 0.2) is 0 Å². The van der Waals surface area contributed by atoms with Crippen LogP contribution in [0.3, 0.4) is 0 Å². The van der Waals surface area contributed by atoms with E-state index < -0.39 is 6.67 Å². The molecule has 2 nitrogen and oxygen atoms in total. The Hall–Kier alpha value is -0.600. The SMILES string of the molecule is FCC1[C]NN=[C]1. The first-order valence-corrected chi connectivity index (χ1v) is 1.95. The maximum absolute atomic E-state index is 11.5. The Morgan fingerprint density at radius 2 is 2.71 bits per heavy atom. The summed E-state index contributed by atoms with van der Waals surface area (Å²) in [5.41, 5.74) is 2.35. The third kappa shape index (κ3) is 0.885. The Morgan fingerprint density at radius 1 is 1.86 bits per heavy atom. The van der Waals surface area contributed by atoms with Gasteiger partial charge in [0.1, 0.15) is 13.2 Å². The van der Waals surface area contributed by atoms with Gasteiger partial charge in [-0.25, -0.2) is 0 Å². The lowest BCUT2D eigenvalue weighted by Gasteiger charge is -1.89. The predicted molar refractivity (Wildman–Crippen MR) is 23.3 cm³/mol. The second kappa shape index (κ2) is 1.91. The highest BCUT2D eigenvalue weighted by Gasteiger charge is 2.10. The molecule has 3 radical (unpaired) electrons. The van der Waals surface area contributed by atoms with Gasteiger partial charge in [0.25, 0.3) is 0 Å². The van der Waals surface area contributed by atoms with Gasteiger partial charge < -0.3 is 0 Å². The molecule has 0 spiro atoms. The minimum absolute atomic E-state index is 0.347. The summed E-state index contributed by atoms with van der Waals surface area (Å²) in [6, 6.07) is 0. The molecule has 37 valence electrons. The lowest BCUT2D eigenvalue weighted by Crippen LogP contribution is -2.03. The fraction of sp³-hybridized carbons (Fsp3) is 0.500. The Labute approximate surface area is 41.4 Å². The van der Waals surface area contributed by atoms with Gasteiger partial charge in [-0.15, -0.1) is 0 Å². The fourth-order valence-electron chi connectivity index (χ4n) is 0.326. The Bertz CT molecular complexity index is 81.8. The van der Waals surface area contributed by atoms with E-state index in [9.17, 15) is 4.39 Å². The minimum Gasteiger partial charge on any atom is -0.298 e. The standard InChI is InChI=1S/C4H4FN2/c5-1-4-2-6-7-3-4/h4,6H,1H2. The quantitative estimate of drug-likeness (QED) is 0.494. The van der Waals surface area contributed by atoms with Gasteiger partial charge in [-0.1, -0.05) is 0 Å². The molecule has 1 heterocycles. The number of nitrogens with one attached hydrogen (secondary N) is 1. The van der Waals surface area contributed by atoms with Gasteiger partial charge in [0, 0.05) is 0 Å². The van der Waals surface area contributed by atoms with Crippen LogP contribution < -0.4 is 5.43 Å². The third-order valence-electron chi connectivity index (χ3n) is 0.669. The second-order valence-corrected chi connectivity index (χ2v) is 1.20. The summed E-state index contributed by atoms with van der Waals surface area (Å²) >= 11 is 0. The summed E-state index contributed by atoms with van der Waals surface area (Å²) in [5, 5.41) is 3.38. The molecule has 1 aliphatic rings. The first-order valence-electron chi connectivity index (χ1n) is 1.95. The smallest absolute Gasteiger partial charge is 0.121 e. The van der Waals surface area contributed by atoms with Gasteiger partial charge in [-0.2, -0.15) is 5.10 Å². The number of hydrazone groups is 1. The molecule has 0 saturated carbocycles. The average molecular weight is 99.1 g/mol. The van der Waals surface area contributed by atoms with Crippen LogP contribution in [0.5, 0.6) is 0 Å². The monoisotopic (exact) mass is 99.0 g/mol. The van der Waals surface area contributed by atoms with E-state index in [1.165, 1.54) is 0 Å². The van der Waals surface area contributed by atoms with Crippen LogP contribution in [0.25, 0.3) is 0 Å². The van der Waals surface area contributed by atoms with E-state index in [1.807, 2.05) is 0 Å². The van der Waals surface area contributed by atoms with Crippen LogP contribution in [0.15, 0.2) is 5.10 Å². The van der Waals surface area contributed by atoms with Crippen molar-refractivity contribution in [3.05, 3.63) is 6.54 Å². The molecule has 7 heavy (non-hydrogen) atoms. The van der Waals surface area contributed by atoms with E-state index in [4.69, 9.17) is 0 Å². The van der Waals surface area contributed by atoms with Gasteiger partial charge in [0.2, 0.25) is 0 Å². The number of halogens is 1. The normalized spacial score (nSPS) is 27.9. The molecule has 1 N–H and O–H groups in total. The van der Waals surface area contributed by atoms with Crippen LogP contribution in [0.4, 0.5) is 4.39 Å². The van der Waals surface area contributed by atoms with Crippen molar-refractivity contribution in [2.45, 2.75) is 0 Å². The molecule has 0 saturated heterocycles. The van der Waals surface area contributed by atoms with Crippen LogP contribution in [-0.2, 0) is 0 Å². The van der Waals surface area contributed by atoms with Gasteiger partial charge in [-0.05, 0) is 0 Å². The van der Waals surface area contributed by atoms with E-state index in [2.05, 4.69) is 23.3 Å². The summed E-state index contributed by atoms with van der Waals surface area (Å²) in [7, 11) is 0. The van der Waals surface area contributed by atoms with Crippen LogP contribution in [0.2, 0.25) is 0 Å². The first-order chi connectivity index (χ1) is 3.43. The van der Waals surface area contributed by atoms with Crippen LogP contribution in [0.1, 0.15) is 0 Å². The van der Waals surface area contributed by atoms with Crippen LogP contribution in [0, 0.1) is 12.5 Å². The summed E-state index contributed by atoms with van der Waals surface area (Å²) in [6.07, 6.45) is 2.43. The predicted octanol–water partition coefficient (Wildman–Crippen LogP) is 0.0769. The Balaban J connectivity index is 2.28. The van der Waals surface area contributed by atoms with Crippen LogP contribution in [-0.4, -0.2) is 12.9 Å². The van der Waals surface area contributed by atoms with Crippen molar-refractivity contribution in [2.75, 3.05) is 6.67 Å². The molecular weight excluding hydrogens is 95.1 g/mol. The number of nitrogens with zero attached hydrogens (tertiary/aromatic N) is 1. The Kier molecular flexibility index (Phi) is 1.24. The lowest BCUT2D eigenvalue weighted by atomic mass is 10.2. The van der Waals surface area contributed by atoms with Crippen molar-refractivity contribution in [2.24, 2.45) is 11.0 Å². The highest BCUT2D eigenvalue weighted by molar-refractivity contribution is 5.64. The molecule has 0 aromatic heterocycles. The maximum Gasteiger partial charge on any atom is 0.121 e. The Morgan fingerprint density at radius 3 is 3.00 bits per heavy atom. The van der Waals surface area contributed by atoms with Crippen LogP contribution >= 0.6 is 0 Å². The van der Waals surface area contributed by atoms with E-state index in [0.29, 0.717) is 0 Å². The first kappa shape index (κ1) is 4.56. The highest BCUT2D eigenvalue weighted by Crippen LogP contribution is 2.00. The molecule has 3 heteroatoms. The maximum atomic E-state index is 11.5. The number of hydrogen-bond donors (Lipinski definition) is 1. The molecule has 1 rings (SSSR count). The summed E-state index contributed by atoms with van der Waals surface area (Å²) < 4.78 is 11.5. The summed E-state index contributed by atoms with van der Waals surface area (Å²) in [5.74, 6) is -0.347. The average Bonchev–Trinajstić information content (AvgIpc) is 2.14. The van der Waals surface area contributed by atoms with E-state index in [0.717, 1.165) is 0 Å². The third-order valence-corrected chi connectivity index (χ3v) is 0.669. The molecule has 0 aromatic carbocycles. The number of rotatable bonds is 1. The van der Waals surface area contributed by atoms with Crippen molar-refractivity contribution < 1.29 is 4.39 Å². The molecule has 1 unspecified atom stereocenters. The molecule has 0 aliphatic carbocycles. The summed E-state index contributed by atoms with van der Waals surface area (Å²) in [4.78, 5) is 0. The zero-order valence-electron chi connectivity index (χ0n) is 3.61. The van der Waals surface area contributed by atoms with Crippen molar-refractivity contribution in [3.63, 3.8) is 0 Å². The topological polar surface area (TPSA) is 24.4 Å². The highest BCUT2D eigenvalue weighted by atomic mass is 19.1. The molecule has 0 aromatic rings. The number of alkyl halides is 1. The zero-order chi connectivity index (χ0) is 5.11. The second-order valence-electron chi connectivity index (χ2n) is 1.20. The number of hydrogen-bond acceptors (Lipinski definition) is 2. The van der Waals surface area contributed by atoms with Crippen molar-refractivity contribution in [1.29, 1.82) is 0 Å². The largest absolute Gasteiger partial charge is 0.298 e. The minimum atomic E-state index is -0.462. The zero-order valence-corrected chi connectivity index (χ0v) is 3.61. The molecular formula is C4H4FN2. The molecule has 0 fully saturated rings. The molecule has 1 aliphatic heterocycles. The van der Waals surface area contributed by atoms with E-state index >= 15 is 0 Å². The van der Waals surface area contributed by atoms with Gasteiger partial charge in [-0.3, -0.25) is 9.82 Å². The van der Waals surface area contributed by atoms with Gasteiger partial charge in [0.05, 0.1) is 12.1 Å². The van der Waals surface area contributed by atoms with Gasteiger partial charge >= 0.3 is 0 Å². The van der Waals surface area contributed by atoms with E-state index in [1.54, 1.807) is 0 Å². The van der Waals surface area contributed by atoms with E-state index in [-0.39, 0.29) is 5.92 Å². The fourth-order valence-corrected chi connectivity index (χ4v) is 0.326. The van der Waals surface area contributed by atoms with Crippen molar-refractivity contribution in [1.82, 2.24) is 5.43 Å². The molecule has 0 amide bonds. The van der Waals surface area contributed by atoms with Crippen molar-refractivity contribution in [3.8, 4) is 0 Å². The lowest BCUT2D eigenvalue weighted by molar-refractivity contribution is 0.454. The molecule has 0 bridgehead atoms. The summed E-state index contributed by atoms with van der Waals surface area (Å²) in [6.45, 7) is 2.04. The van der Waals surface area contributed by atoms with Crippen molar-refractivity contribution >= 4 is 6.21 Å².